The average molecular weight is 470 g/mol. The van der Waals surface area contributed by atoms with Crippen LogP contribution in [0, 0.1) is 80.8 Å². The third-order valence-corrected chi connectivity index (χ3v) is 0. The Balaban J connectivity index is -0.0000000270. The van der Waals surface area contributed by atoms with Crippen LogP contribution in [0.5, 0.6) is 0 Å². The van der Waals surface area contributed by atoms with Crippen molar-refractivity contribution < 1.29 is 126 Å². The van der Waals surface area contributed by atoms with Crippen LogP contribution in [-0.4, -0.2) is 18.5 Å². The second kappa shape index (κ2) is 23.4. The smallest absolute Gasteiger partial charge is 0 e. The maximum absolute atomic E-state index is 8.33. The van der Waals surface area contributed by atoms with Gasteiger partial charge in [-0.1, -0.05) is 0 Å². The first-order valence-corrected chi connectivity index (χ1v) is 1.84. The van der Waals surface area contributed by atoms with Gasteiger partial charge in [0.15, 0.2) is 0 Å². The molecule has 14 heavy (non-hydrogen) atoms. The second-order valence-corrected chi connectivity index (χ2v) is 0.750. The number of carboxylic acid groups (broad SMARTS) is 6. The molecule has 0 rings (SSSR count). The Labute approximate surface area is 142 Å². The van der Waals surface area contributed by atoms with Crippen molar-refractivity contribution in [1.82, 2.24) is 0 Å². The molecule has 82 valence electrons. The molecular weight excluding hydrogens is 470 g/mol. The Kier molecular flexibility index (Phi) is 48.9. The van der Waals surface area contributed by atoms with E-state index in [1.807, 2.05) is 0 Å². The molecule has 0 N–H and O–H groups in total. The van der Waals surface area contributed by atoms with Gasteiger partial charge in [-0.15, -0.1) is 0 Å². The predicted molar refractivity (Wildman–Crippen MR) is 16.2 cm³/mol. The molecule has 9 nitrogen and oxygen atoms in total. The van der Waals surface area contributed by atoms with Crippen LogP contribution in [0.4, 0.5) is 14.4 Å². The van der Waals surface area contributed by atoms with Crippen molar-refractivity contribution in [3.8, 4) is 0 Å². The summed E-state index contributed by atoms with van der Waals surface area (Å²) in [5, 5.41) is 50.0. The summed E-state index contributed by atoms with van der Waals surface area (Å²) in [6.45, 7) is 0. The van der Waals surface area contributed by atoms with Gasteiger partial charge in [0.2, 0.25) is 0 Å². The van der Waals surface area contributed by atoms with Gasteiger partial charge in [-0.25, -0.2) is 0 Å². The van der Waals surface area contributed by atoms with E-state index in [1.165, 1.54) is 0 Å². The van der Waals surface area contributed by atoms with Gasteiger partial charge in [0.1, 0.15) is 0 Å². The van der Waals surface area contributed by atoms with Crippen LogP contribution in [0.15, 0.2) is 0 Å². The summed E-state index contributed by atoms with van der Waals surface area (Å²) >= 11 is 0. The Morgan fingerprint density at radius 1 is 0.500 bits per heavy atom. The van der Waals surface area contributed by atoms with Crippen molar-refractivity contribution in [1.29, 1.82) is 0 Å². The van der Waals surface area contributed by atoms with E-state index in [1.54, 1.807) is 0 Å². The van der Waals surface area contributed by atoms with Gasteiger partial charge < -0.3 is 45.0 Å². The van der Waals surface area contributed by atoms with Gasteiger partial charge in [-0.3, -0.25) is 0 Å². The van der Waals surface area contributed by atoms with E-state index in [0.29, 0.717) is 0 Å². The number of hydrogen-bond donors (Lipinski definition) is 0. The van der Waals surface area contributed by atoms with E-state index in [0.717, 1.165) is 0 Å². The molecule has 0 saturated heterocycles. The molecule has 0 fully saturated rings. The Morgan fingerprint density at radius 3 is 0.500 bits per heavy atom. The molecule has 0 bridgehead atoms. The maximum atomic E-state index is 8.33. The SMILES string of the molecule is O=C([O-])[O-].O=C([O-])[O-].O=C([O-])[O-].[Pm].[Pm]. The van der Waals surface area contributed by atoms with Crippen LogP contribution in [-0.2, 0) is 0 Å². The number of hydrogen-bond acceptors (Lipinski definition) is 9. The van der Waals surface area contributed by atoms with Gasteiger partial charge in [-0.2, -0.15) is 0 Å². The average Bonchev–Trinajstić information content (AvgIpc) is 1.54. The first kappa shape index (κ1) is 29.3. The molecule has 0 aromatic carbocycles. The molecule has 0 amide bonds. The van der Waals surface area contributed by atoms with E-state index in [-0.39, 0.29) is 80.8 Å². The standard InChI is InChI=1S/3CH2O3.2Pm/c3*2-1(3)4;;/h3*(H2,2,3,4);;/p-6. The molecule has 0 aliphatic heterocycles. The Morgan fingerprint density at radius 2 is 0.500 bits per heavy atom. The summed E-state index contributed by atoms with van der Waals surface area (Å²) in [7, 11) is 0. The van der Waals surface area contributed by atoms with Crippen LogP contribution in [0.1, 0.15) is 0 Å². The second-order valence-electron chi connectivity index (χ2n) is 0.750. The fourth-order valence-corrected chi connectivity index (χ4v) is 0. The van der Waals surface area contributed by atoms with Crippen LogP contribution in [0.25, 0.3) is 0 Å². The van der Waals surface area contributed by atoms with E-state index < -0.39 is 18.5 Å². The van der Waals surface area contributed by atoms with Gasteiger partial charge in [0, 0.05) is 80.8 Å². The van der Waals surface area contributed by atoms with Gasteiger partial charge >= 0.3 is 0 Å². The number of carbonyl (C=O) groups excluding carboxylic acids is 3. The third-order valence-electron chi connectivity index (χ3n) is 0. The van der Waals surface area contributed by atoms with Gasteiger partial charge in [0.25, 0.3) is 0 Å². The third kappa shape index (κ3) is 6990. The van der Waals surface area contributed by atoms with Crippen molar-refractivity contribution in [3.63, 3.8) is 0 Å². The predicted octanol–water partition coefficient (Wildman–Crippen LogP) is -7.34. The fraction of sp³-hybridized carbons (Fsp3) is 0. The van der Waals surface area contributed by atoms with Crippen molar-refractivity contribution in [2.45, 2.75) is 0 Å². The molecular formula is C3O9Pm2-6. The molecule has 11 heteroatoms. The number of rotatable bonds is 0. The molecule has 0 aromatic heterocycles. The largest absolute Gasteiger partial charge is 0.652 e. The molecule has 0 aromatic rings. The number of carbonyl (C=O) groups is 3. The molecule has 0 spiro atoms. The Hall–Kier alpha value is 0.485. The molecule has 0 unspecified atom stereocenters. The topological polar surface area (TPSA) is 190 Å². The zero-order valence-corrected chi connectivity index (χ0v) is 11.8. The minimum atomic E-state index is -2.33. The van der Waals surface area contributed by atoms with E-state index in [4.69, 9.17) is 45.0 Å². The molecule has 2 radical (unpaired) electrons. The van der Waals surface area contributed by atoms with Crippen molar-refractivity contribution in [2.75, 3.05) is 0 Å². The van der Waals surface area contributed by atoms with Crippen LogP contribution < -0.4 is 30.6 Å². The van der Waals surface area contributed by atoms with Crippen molar-refractivity contribution >= 4 is 18.5 Å². The van der Waals surface area contributed by atoms with E-state index in [2.05, 4.69) is 0 Å². The first-order valence-electron chi connectivity index (χ1n) is 1.84. The summed E-state index contributed by atoms with van der Waals surface area (Å²) in [6, 6.07) is 0. The first-order chi connectivity index (χ1) is 5.20. The van der Waals surface area contributed by atoms with Crippen LogP contribution in [0.2, 0.25) is 0 Å². The van der Waals surface area contributed by atoms with Gasteiger partial charge in [0.05, 0.1) is 0 Å². The summed E-state index contributed by atoms with van der Waals surface area (Å²) in [5.41, 5.74) is 0. The van der Waals surface area contributed by atoms with Crippen molar-refractivity contribution in [2.24, 2.45) is 0 Å². The van der Waals surface area contributed by atoms with E-state index in [9.17, 15) is 0 Å². The molecule has 0 aliphatic carbocycles. The van der Waals surface area contributed by atoms with E-state index >= 15 is 0 Å². The van der Waals surface area contributed by atoms with Crippen molar-refractivity contribution in [3.05, 3.63) is 0 Å². The maximum Gasteiger partial charge on any atom is 0 e. The summed E-state index contributed by atoms with van der Waals surface area (Å²) in [4.78, 5) is 25.0. The molecule has 0 heterocycles. The normalized spacial score (nSPS) is 5.14. The van der Waals surface area contributed by atoms with Crippen LogP contribution >= 0.6 is 0 Å². The summed E-state index contributed by atoms with van der Waals surface area (Å²) in [6.07, 6.45) is -7.00. The quantitative estimate of drug-likeness (QED) is 0.331. The zero-order valence-electron chi connectivity index (χ0n) is 6.07. The van der Waals surface area contributed by atoms with Gasteiger partial charge in [-0.05, 0) is 18.5 Å². The minimum Gasteiger partial charge on any atom is -0.652 e. The van der Waals surface area contributed by atoms with Crippen LogP contribution in [0.3, 0.4) is 0 Å². The summed E-state index contributed by atoms with van der Waals surface area (Å²) in [5.74, 6) is 0. The monoisotopic (exact) mass is 470 g/mol. The molecule has 0 aliphatic rings. The molecule has 0 saturated carbocycles. The zero-order chi connectivity index (χ0) is 10.7. The Bertz CT molecular complexity index is 116. The molecule has 0 atom stereocenters. The summed E-state index contributed by atoms with van der Waals surface area (Å²) < 4.78 is 0. The fourth-order valence-electron chi connectivity index (χ4n) is 0. The minimum absolute atomic E-state index is 0.